The first-order chi connectivity index (χ1) is 8.78. The van der Waals surface area contributed by atoms with Gasteiger partial charge in [-0.25, -0.2) is 0 Å². The second kappa shape index (κ2) is 6.07. The summed E-state index contributed by atoms with van der Waals surface area (Å²) in [5.41, 5.74) is 1.08. The third kappa shape index (κ3) is 2.76. The van der Waals surface area contributed by atoms with Gasteiger partial charge in [0, 0.05) is 19.4 Å². The molecule has 3 atom stereocenters. The standard InChI is InChI=1S/C14H21NO3/c1-4-18-13-9-12(14(13)17-3)15-10-5-7-11(16-2)8-6-10/h5-8,12-15H,4,9H2,1-3H3. The van der Waals surface area contributed by atoms with Gasteiger partial charge in [-0.3, -0.25) is 0 Å². The molecule has 18 heavy (non-hydrogen) atoms. The minimum Gasteiger partial charge on any atom is -0.497 e. The molecule has 0 aromatic heterocycles. The van der Waals surface area contributed by atoms with E-state index >= 15 is 0 Å². The maximum atomic E-state index is 5.60. The van der Waals surface area contributed by atoms with E-state index in [0.717, 1.165) is 24.5 Å². The molecule has 0 heterocycles. The molecule has 0 saturated heterocycles. The largest absolute Gasteiger partial charge is 0.497 e. The van der Waals surface area contributed by atoms with Crippen molar-refractivity contribution in [2.75, 3.05) is 26.1 Å². The first-order valence-corrected chi connectivity index (χ1v) is 6.33. The van der Waals surface area contributed by atoms with Crippen molar-refractivity contribution < 1.29 is 14.2 Å². The summed E-state index contributed by atoms with van der Waals surface area (Å²) in [7, 11) is 3.40. The normalized spacial score (nSPS) is 26.5. The van der Waals surface area contributed by atoms with Crippen LogP contribution in [0, 0.1) is 0 Å². The Bertz CT molecular complexity index is 366. The molecule has 0 spiro atoms. The fourth-order valence-electron chi connectivity index (χ4n) is 2.32. The zero-order valence-electron chi connectivity index (χ0n) is 11.2. The van der Waals surface area contributed by atoms with Gasteiger partial charge in [0.05, 0.1) is 19.3 Å². The molecule has 1 aromatic carbocycles. The molecule has 0 radical (unpaired) electrons. The summed E-state index contributed by atoms with van der Waals surface area (Å²) >= 11 is 0. The van der Waals surface area contributed by atoms with Gasteiger partial charge in [-0.15, -0.1) is 0 Å². The lowest BCUT2D eigenvalue weighted by molar-refractivity contribution is -0.118. The molecule has 100 valence electrons. The molecule has 1 fully saturated rings. The van der Waals surface area contributed by atoms with Crippen molar-refractivity contribution in [2.45, 2.75) is 31.6 Å². The number of rotatable bonds is 6. The number of methoxy groups -OCH3 is 2. The summed E-state index contributed by atoms with van der Waals surface area (Å²) < 4.78 is 16.2. The van der Waals surface area contributed by atoms with Crippen LogP contribution in [0.15, 0.2) is 24.3 Å². The minimum atomic E-state index is 0.132. The summed E-state index contributed by atoms with van der Waals surface area (Å²) in [6.45, 7) is 2.75. The van der Waals surface area contributed by atoms with Gasteiger partial charge < -0.3 is 19.5 Å². The highest BCUT2D eigenvalue weighted by atomic mass is 16.5. The van der Waals surface area contributed by atoms with E-state index in [-0.39, 0.29) is 12.2 Å². The molecule has 0 amide bonds. The molecule has 4 nitrogen and oxygen atoms in total. The van der Waals surface area contributed by atoms with Crippen LogP contribution in [0.4, 0.5) is 5.69 Å². The van der Waals surface area contributed by atoms with E-state index in [0.29, 0.717) is 6.04 Å². The highest BCUT2D eigenvalue weighted by molar-refractivity contribution is 5.48. The average molecular weight is 251 g/mol. The van der Waals surface area contributed by atoms with Gasteiger partial charge in [0.1, 0.15) is 11.9 Å². The molecule has 0 aliphatic heterocycles. The lowest BCUT2D eigenvalue weighted by atomic mass is 9.85. The minimum absolute atomic E-state index is 0.132. The van der Waals surface area contributed by atoms with E-state index in [9.17, 15) is 0 Å². The zero-order chi connectivity index (χ0) is 13.0. The van der Waals surface area contributed by atoms with E-state index < -0.39 is 0 Å². The summed E-state index contributed by atoms with van der Waals surface area (Å²) in [6, 6.07) is 8.24. The Hall–Kier alpha value is -1.26. The van der Waals surface area contributed by atoms with Gasteiger partial charge in [0.2, 0.25) is 0 Å². The Labute approximate surface area is 108 Å². The Kier molecular flexibility index (Phi) is 4.44. The van der Waals surface area contributed by atoms with Gasteiger partial charge >= 0.3 is 0 Å². The summed E-state index contributed by atoms with van der Waals surface area (Å²) in [5.74, 6) is 0.865. The van der Waals surface area contributed by atoms with Crippen molar-refractivity contribution in [1.82, 2.24) is 0 Å². The van der Waals surface area contributed by atoms with Crippen molar-refractivity contribution in [3.8, 4) is 5.75 Å². The first kappa shape index (κ1) is 13.2. The van der Waals surface area contributed by atoms with Crippen LogP contribution in [-0.4, -0.2) is 39.1 Å². The van der Waals surface area contributed by atoms with Crippen molar-refractivity contribution in [3.05, 3.63) is 24.3 Å². The van der Waals surface area contributed by atoms with E-state index in [2.05, 4.69) is 5.32 Å². The maximum Gasteiger partial charge on any atom is 0.119 e. The Morgan fingerprint density at radius 1 is 1.22 bits per heavy atom. The second-order valence-corrected chi connectivity index (χ2v) is 4.41. The Balaban J connectivity index is 1.89. The van der Waals surface area contributed by atoms with Crippen LogP contribution in [0.25, 0.3) is 0 Å². The predicted molar refractivity (Wildman–Crippen MR) is 71.2 cm³/mol. The van der Waals surface area contributed by atoms with Gasteiger partial charge in [-0.2, -0.15) is 0 Å². The van der Waals surface area contributed by atoms with Crippen LogP contribution in [0.2, 0.25) is 0 Å². The topological polar surface area (TPSA) is 39.7 Å². The van der Waals surface area contributed by atoms with Gasteiger partial charge in [0.15, 0.2) is 0 Å². The van der Waals surface area contributed by atoms with E-state index in [1.165, 1.54) is 0 Å². The SMILES string of the molecule is CCOC1CC(Nc2ccc(OC)cc2)C1OC. The van der Waals surface area contributed by atoms with Crippen molar-refractivity contribution >= 4 is 5.69 Å². The van der Waals surface area contributed by atoms with Crippen molar-refractivity contribution in [2.24, 2.45) is 0 Å². The van der Waals surface area contributed by atoms with E-state index in [4.69, 9.17) is 14.2 Å². The number of nitrogens with one attached hydrogen (secondary N) is 1. The number of benzene rings is 1. The van der Waals surface area contributed by atoms with Crippen LogP contribution in [-0.2, 0) is 9.47 Å². The zero-order valence-corrected chi connectivity index (χ0v) is 11.2. The van der Waals surface area contributed by atoms with Crippen LogP contribution < -0.4 is 10.1 Å². The van der Waals surface area contributed by atoms with Crippen molar-refractivity contribution in [3.63, 3.8) is 0 Å². The average Bonchev–Trinajstić information content (AvgIpc) is 2.38. The van der Waals surface area contributed by atoms with Crippen molar-refractivity contribution in [1.29, 1.82) is 0 Å². The first-order valence-electron chi connectivity index (χ1n) is 6.33. The van der Waals surface area contributed by atoms with Gasteiger partial charge in [-0.1, -0.05) is 0 Å². The molecule has 4 heteroatoms. The fourth-order valence-corrected chi connectivity index (χ4v) is 2.32. The summed E-state index contributed by atoms with van der Waals surface area (Å²) in [6.07, 6.45) is 1.33. The maximum absolute atomic E-state index is 5.60. The lowest BCUT2D eigenvalue weighted by Crippen LogP contribution is -2.56. The fraction of sp³-hybridized carbons (Fsp3) is 0.571. The summed E-state index contributed by atoms with van der Waals surface area (Å²) in [5, 5.41) is 3.46. The molecule has 1 aromatic rings. The number of hydrogen-bond donors (Lipinski definition) is 1. The summed E-state index contributed by atoms with van der Waals surface area (Å²) in [4.78, 5) is 0. The smallest absolute Gasteiger partial charge is 0.119 e. The van der Waals surface area contributed by atoms with Gasteiger partial charge in [-0.05, 0) is 37.6 Å². The van der Waals surface area contributed by atoms with Crippen LogP contribution in [0.5, 0.6) is 5.75 Å². The van der Waals surface area contributed by atoms with Gasteiger partial charge in [0.25, 0.3) is 0 Å². The van der Waals surface area contributed by atoms with Crippen LogP contribution in [0.1, 0.15) is 13.3 Å². The quantitative estimate of drug-likeness (QED) is 0.842. The Morgan fingerprint density at radius 3 is 2.50 bits per heavy atom. The number of ether oxygens (including phenoxy) is 3. The third-order valence-electron chi connectivity index (χ3n) is 3.34. The molecule has 1 N–H and O–H groups in total. The third-order valence-corrected chi connectivity index (χ3v) is 3.34. The molecule has 1 aliphatic rings. The molecule has 1 aliphatic carbocycles. The molecule has 2 rings (SSSR count). The Morgan fingerprint density at radius 2 is 1.94 bits per heavy atom. The predicted octanol–water partition coefficient (Wildman–Crippen LogP) is 2.30. The number of anilines is 1. The van der Waals surface area contributed by atoms with E-state index in [1.54, 1.807) is 14.2 Å². The molecular weight excluding hydrogens is 230 g/mol. The molecule has 1 saturated carbocycles. The second-order valence-electron chi connectivity index (χ2n) is 4.41. The number of hydrogen-bond acceptors (Lipinski definition) is 4. The molecular formula is C14H21NO3. The monoisotopic (exact) mass is 251 g/mol. The van der Waals surface area contributed by atoms with Crippen LogP contribution in [0.3, 0.4) is 0 Å². The lowest BCUT2D eigenvalue weighted by Gasteiger charge is -2.43. The van der Waals surface area contributed by atoms with Crippen LogP contribution >= 0.6 is 0 Å². The highest BCUT2D eigenvalue weighted by Crippen LogP contribution is 2.30. The highest BCUT2D eigenvalue weighted by Gasteiger charge is 2.42. The molecule has 3 unspecified atom stereocenters. The van der Waals surface area contributed by atoms with E-state index in [1.807, 2.05) is 31.2 Å². The molecule has 0 bridgehead atoms.